The van der Waals surface area contributed by atoms with Crippen LogP contribution in [0.2, 0.25) is 6.04 Å². The molecule has 102 valence electrons. The zero-order chi connectivity index (χ0) is 13.1. The van der Waals surface area contributed by atoms with Crippen LogP contribution in [0, 0.1) is 0 Å². The Labute approximate surface area is 113 Å². The molecule has 0 aliphatic carbocycles. The van der Waals surface area contributed by atoms with E-state index in [0.717, 1.165) is 32.3 Å². The molecule has 1 rings (SSSR count). The summed E-state index contributed by atoms with van der Waals surface area (Å²) in [6.07, 6.45) is 2.25. The summed E-state index contributed by atoms with van der Waals surface area (Å²) in [4.78, 5) is 0. The average molecular weight is 266 g/mol. The van der Waals surface area contributed by atoms with Gasteiger partial charge in [0.1, 0.15) is 0 Å². The summed E-state index contributed by atoms with van der Waals surface area (Å²) in [6, 6.07) is 13.1. The lowest BCUT2D eigenvalue weighted by atomic mass is 10.2. The lowest BCUT2D eigenvalue weighted by molar-refractivity contribution is 0.130. The summed E-state index contributed by atoms with van der Waals surface area (Å²) < 4.78 is 11.4. The van der Waals surface area contributed by atoms with Crippen LogP contribution < -0.4 is 0 Å². The smallest absolute Gasteiger partial charge is 0.181 e. The second-order valence-corrected chi connectivity index (χ2v) is 7.08. The maximum atomic E-state index is 6.09. The van der Waals surface area contributed by atoms with Crippen molar-refractivity contribution in [2.75, 3.05) is 19.8 Å². The van der Waals surface area contributed by atoms with Gasteiger partial charge in [-0.2, -0.15) is 0 Å². The maximum absolute atomic E-state index is 6.09. The molecule has 1 aromatic carbocycles. The Balaban J connectivity index is 2.26. The second kappa shape index (κ2) is 10.3. The molecule has 2 nitrogen and oxygen atoms in total. The fourth-order valence-corrected chi connectivity index (χ4v) is 4.43. The van der Waals surface area contributed by atoms with Crippen LogP contribution in [0.1, 0.15) is 32.3 Å². The van der Waals surface area contributed by atoms with Crippen molar-refractivity contribution in [2.45, 2.75) is 38.8 Å². The molecule has 0 saturated heterocycles. The molecule has 1 aromatic rings. The summed E-state index contributed by atoms with van der Waals surface area (Å²) in [5.41, 5.74) is 1.42. The van der Waals surface area contributed by atoms with E-state index >= 15 is 0 Å². The van der Waals surface area contributed by atoms with Gasteiger partial charge in [0.2, 0.25) is 0 Å². The van der Waals surface area contributed by atoms with E-state index in [1.807, 2.05) is 6.92 Å². The van der Waals surface area contributed by atoms with Gasteiger partial charge in [-0.05, 0) is 31.0 Å². The van der Waals surface area contributed by atoms with E-state index in [0.29, 0.717) is 0 Å². The molecule has 0 aromatic heterocycles. The molecule has 0 amide bonds. The van der Waals surface area contributed by atoms with Crippen molar-refractivity contribution in [3.63, 3.8) is 0 Å². The van der Waals surface area contributed by atoms with Crippen LogP contribution in [0.4, 0.5) is 0 Å². The van der Waals surface area contributed by atoms with Crippen LogP contribution in [0.5, 0.6) is 0 Å². The van der Waals surface area contributed by atoms with E-state index in [4.69, 9.17) is 9.16 Å². The molecule has 3 heteroatoms. The monoisotopic (exact) mass is 266 g/mol. The Morgan fingerprint density at radius 1 is 1.06 bits per heavy atom. The lowest BCUT2D eigenvalue weighted by Gasteiger charge is -2.15. The summed E-state index contributed by atoms with van der Waals surface area (Å²) >= 11 is 0. The van der Waals surface area contributed by atoms with Crippen molar-refractivity contribution >= 4 is 9.04 Å². The summed E-state index contributed by atoms with van der Waals surface area (Å²) in [7, 11) is -1.07. The Kier molecular flexibility index (Phi) is 8.82. The molecule has 0 N–H and O–H groups in total. The quantitative estimate of drug-likeness (QED) is 0.478. The van der Waals surface area contributed by atoms with E-state index in [1.165, 1.54) is 18.0 Å². The Morgan fingerprint density at radius 3 is 2.50 bits per heavy atom. The fourth-order valence-electron chi connectivity index (χ4n) is 2.00. The van der Waals surface area contributed by atoms with E-state index in [1.54, 1.807) is 0 Å². The van der Waals surface area contributed by atoms with Gasteiger partial charge in [-0.25, -0.2) is 0 Å². The Hall–Kier alpha value is -0.643. The lowest BCUT2D eigenvalue weighted by Crippen LogP contribution is -2.22. The topological polar surface area (TPSA) is 18.5 Å². The third-order valence-corrected chi connectivity index (χ3v) is 5.76. The average Bonchev–Trinajstić information content (AvgIpc) is 2.40. The van der Waals surface area contributed by atoms with E-state index in [-0.39, 0.29) is 0 Å². The van der Waals surface area contributed by atoms with Gasteiger partial charge in [0, 0.05) is 19.8 Å². The van der Waals surface area contributed by atoms with Gasteiger partial charge in [0.05, 0.1) is 0 Å². The molecular formula is C15H26O2Si. The third kappa shape index (κ3) is 6.94. The van der Waals surface area contributed by atoms with Crippen molar-refractivity contribution in [1.82, 2.24) is 0 Å². The molecule has 0 spiro atoms. The van der Waals surface area contributed by atoms with Crippen LogP contribution in [-0.4, -0.2) is 28.9 Å². The first kappa shape index (κ1) is 15.4. The second-order valence-electron chi connectivity index (χ2n) is 4.52. The van der Waals surface area contributed by atoms with Gasteiger partial charge in [-0.15, -0.1) is 0 Å². The van der Waals surface area contributed by atoms with Gasteiger partial charge in [0.15, 0.2) is 9.04 Å². The molecule has 0 heterocycles. The number of hydrogen-bond donors (Lipinski definition) is 0. The highest BCUT2D eigenvalue weighted by Crippen LogP contribution is 2.09. The van der Waals surface area contributed by atoms with Crippen molar-refractivity contribution < 1.29 is 9.16 Å². The summed E-state index contributed by atoms with van der Waals surface area (Å²) in [5.74, 6) is 0. The Morgan fingerprint density at radius 2 is 1.83 bits per heavy atom. The highest BCUT2D eigenvalue weighted by molar-refractivity contribution is 6.51. The number of rotatable bonds is 10. The van der Waals surface area contributed by atoms with Crippen LogP contribution in [0.25, 0.3) is 0 Å². The molecule has 1 unspecified atom stereocenters. The highest BCUT2D eigenvalue weighted by atomic mass is 28.3. The van der Waals surface area contributed by atoms with Gasteiger partial charge < -0.3 is 9.16 Å². The Bertz CT molecular complexity index is 290. The fraction of sp³-hybridized carbons (Fsp3) is 0.600. The standard InChI is InChI=1S/C15H26O2Si/c1-3-13-18(17-12-8-11-16-4-2)14-15-9-6-5-7-10-15/h5-7,9-10,18H,3-4,8,11-14H2,1-2H3. The molecule has 0 radical (unpaired) electrons. The molecule has 0 aliphatic heterocycles. The zero-order valence-corrected chi connectivity index (χ0v) is 12.9. The maximum Gasteiger partial charge on any atom is 0.181 e. The SMILES string of the molecule is CCC[SiH](Cc1ccccc1)OCCCOCC. The van der Waals surface area contributed by atoms with E-state index in [2.05, 4.69) is 37.3 Å². The first-order valence-electron chi connectivity index (χ1n) is 7.10. The first-order chi connectivity index (χ1) is 8.86. The van der Waals surface area contributed by atoms with E-state index < -0.39 is 9.04 Å². The van der Waals surface area contributed by atoms with Crippen molar-refractivity contribution in [3.05, 3.63) is 35.9 Å². The predicted octanol–water partition coefficient (Wildman–Crippen LogP) is 3.35. The van der Waals surface area contributed by atoms with Crippen LogP contribution in [-0.2, 0) is 15.2 Å². The van der Waals surface area contributed by atoms with Gasteiger partial charge in [0.25, 0.3) is 0 Å². The molecule has 1 atom stereocenters. The van der Waals surface area contributed by atoms with Gasteiger partial charge in [-0.3, -0.25) is 0 Å². The van der Waals surface area contributed by atoms with Crippen LogP contribution in [0.3, 0.4) is 0 Å². The minimum Gasteiger partial charge on any atom is -0.420 e. The minimum atomic E-state index is -1.07. The summed E-state index contributed by atoms with van der Waals surface area (Å²) in [6.45, 7) is 6.78. The zero-order valence-electron chi connectivity index (χ0n) is 11.7. The number of ether oxygens (including phenoxy) is 1. The van der Waals surface area contributed by atoms with Crippen molar-refractivity contribution in [2.24, 2.45) is 0 Å². The molecule has 0 saturated carbocycles. The highest BCUT2D eigenvalue weighted by Gasteiger charge is 2.11. The molecular weight excluding hydrogens is 240 g/mol. The largest absolute Gasteiger partial charge is 0.420 e. The normalized spacial score (nSPS) is 12.6. The molecule has 0 aliphatic rings. The first-order valence-corrected chi connectivity index (χ1v) is 9.20. The van der Waals surface area contributed by atoms with Crippen molar-refractivity contribution in [1.29, 1.82) is 0 Å². The van der Waals surface area contributed by atoms with Crippen molar-refractivity contribution in [3.8, 4) is 0 Å². The summed E-state index contributed by atoms with van der Waals surface area (Å²) in [5, 5.41) is 0. The number of benzene rings is 1. The van der Waals surface area contributed by atoms with E-state index in [9.17, 15) is 0 Å². The van der Waals surface area contributed by atoms with Gasteiger partial charge in [-0.1, -0.05) is 43.7 Å². The predicted molar refractivity (Wildman–Crippen MR) is 79.5 cm³/mol. The number of hydrogen-bond acceptors (Lipinski definition) is 2. The molecule has 0 fully saturated rings. The third-order valence-electron chi connectivity index (χ3n) is 2.91. The van der Waals surface area contributed by atoms with Crippen LogP contribution >= 0.6 is 0 Å². The van der Waals surface area contributed by atoms with Crippen LogP contribution in [0.15, 0.2) is 30.3 Å². The molecule has 0 bridgehead atoms. The van der Waals surface area contributed by atoms with Gasteiger partial charge >= 0.3 is 0 Å². The minimum absolute atomic E-state index is 0.805. The molecule has 18 heavy (non-hydrogen) atoms.